The molecule has 1 fully saturated rings. The molecule has 114 valence electrons. The summed E-state index contributed by atoms with van der Waals surface area (Å²) >= 11 is 3.16. The van der Waals surface area contributed by atoms with E-state index >= 15 is 0 Å². The highest BCUT2D eigenvalue weighted by Gasteiger charge is 2.30. The molecule has 3 rings (SSSR count). The number of nitrogens with zero attached hydrogens (tertiary/aromatic N) is 1. The fourth-order valence-corrected chi connectivity index (χ4v) is 6.47. The third-order valence-electron chi connectivity index (χ3n) is 3.95. The van der Waals surface area contributed by atoms with Crippen LogP contribution < -0.4 is 0 Å². The van der Waals surface area contributed by atoms with E-state index in [0.29, 0.717) is 23.2 Å². The van der Waals surface area contributed by atoms with Crippen LogP contribution in [0.2, 0.25) is 0 Å². The molecule has 0 saturated carbocycles. The van der Waals surface area contributed by atoms with Gasteiger partial charge in [-0.1, -0.05) is 6.07 Å². The predicted molar refractivity (Wildman–Crippen MR) is 88.6 cm³/mol. The number of hydrogen-bond donors (Lipinski definition) is 0. The van der Waals surface area contributed by atoms with Gasteiger partial charge in [0.1, 0.15) is 4.21 Å². The quantitative estimate of drug-likeness (QED) is 0.849. The summed E-state index contributed by atoms with van der Waals surface area (Å²) in [4.78, 5) is 2.45. The Kier molecular flexibility index (Phi) is 4.49. The van der Waals surface area contributed by atoms with Crippen molar-refractivity contribution in [3.05, 3.63) is 39.4 Å². The summed E-state index contributed by atoms with van der Waals surface area (Å²) < 4.78 is 27.3. The van der Waals surface area contributed by atoms with Gasteiger partial charge in [-0.25, -0.2) is 8.42 Å². The second-order valence-electron chi connectivity index (χ2n) is 5.50. The maximum absolute atomic E-state index is 12.6. The van der Waals surface area contributed by atoms with Gasteiger partial charge in [-0.3, -0.25) is 0 Å². The summed E-state index contributed by atoms with van der Waals surface area (Å²) in [6, 6.07) is 7.86. The van der Waals surface area contributed by atoms with Gasteiger partial charge in [0.15, 0.2) is 0 Å². The van der Waals surface area contributed by atoms with E-state index in [-0.39, 0.29) is 0 Å². The Morgan fingerprint density at radius 1 is 1.24 bits per heavy atom. The number of aryl methyl sites for hydroxylation is 1. The van der Waals surface area contributed by atoms with Gasteiger partial charge in [0.2, 0.25) is 0 Å². The molecule has 2 aromatic heterocycles. The Balaban J connectivity index is 1.63. The van der Waals surface area contributed by atoms with Crippen molar-refractivity contribution < 1.29 is 8.42 Å². The van der Waals surface area contributed by atoms with Crippen LogP contribution in [0.1, 0.15) is 22.6 Å². The van der Waals surface area contributed by atoms with E-state index in [9.17, 15) is 8.42 Å². The van der Waals surface area contributed by atoms with Crippen molar-refractivity contribution in [2.24, 2.45) is 5.92 Å². The minimum Gasteiger partial charge on any atom is -0.206 e. The SMILES string of the molecule is Cc1ccc(S(=O)(=O)N2CCC(Cc3cccs3)CC2)s1. The van der Waals surface area contributed by atoms with Gasteiger partial charge >= 0.3 is 0 Å². The molecule has 0 spiro atoms. The summed E-state index contributed by atoms with van der Waals surface area (Å²) in [5.41, 5.74) is 0. The number of rotatable bonds is 4. The van der Waals surface area contributed by atoms with Crippen LogP contribution in [-0.2, 0) is 16.4 Å². The maximum Gasteiger partial charge on any atom is 0.252 e. The number of piperidine rings is 1. The van der Waals surface area contributed by atoms with Crippen molar-refractivity contribution in [3.63, 3.8) is 0 Å². The number of hydrogen-bond acceptors (Lipinski definition) is 4. The summed E-state index contributed by atoms with van der Waals surface area (Å²) in [5.74, 6) is 0.611. The highest BCUT2D eigenvalue weighted by molar-refractivity contribution is 7.91. The highest BCUT2D eigenvalue weighted by Crippen LogP contribution is 2.29. The summed E-state index contributed by atoms with van der Waals surface area (Å²) in [7, 11) is -3.27. The van der Waals surface area contributed by atoms with Crippen molar-refractivity contribution in [2.45, 2.75) is 30.4 Å². The molecular formula is C15H19NO2S3. The molecule has 6 heteroatoms. The van der Waals surface area contributed by atoms with Gasteiger partial charge < -0.3 is 0 Å². The first kappa shape index (κ1) is 15.2. The fourth-order valence-electron chi connectivity index (χ4n) is 2.74. The van der Waals surface area contributed by atoms with Crippen molar-refractivity contribution in [2.75, 3.05) is 13.1 Å². The second kappa shape index (κ2) is 6.20. The van der Waals surface area contributed by atoms with E-state index in [1.54, 1.807) is 21.7 Å². The van der Waals surface area contributed by atoms with Crippen LogP contribution in [0.3, 0.4) is 0 Å². The second-order valence-corrected chi connectivity index (χ2v) is 9.98. The normalized spacial score (nSPS) is 18.1. The van der Waals surface area contributed by atoms with Gasteiger partial charge in [0.05, 0.1) is 0 Å². The van der Waals surface area contributed by atoms with E-state index in [1.807, 2.05) is 13.0 Å². The van der Waals surface area contributed by atoms with E-state index in [0.717, 1.165) is 24.1 Å². The first-order valence-corrected chi connectivity index (χ1v) is 10.3. The van der Waals surface area contributed by atoms with Crippen LogP contribution >= 0.6 is 22.7 Å². The zero-order chi connectivity index (χ0) is 14.9. The molecule has 0 aliphatic carbocycles. The number of thiophene rings is 2. The van der Waals surface area contributed by atoms with Crippen LogP contribution in [-0.4, -0.2) is 25.8 Å². The van der Waals surface area contributed by atoms with Crippen molar-refractivity contribution >= 4 is 32.7 Å². The van der Waals surface area contributed by atoms with E-state index in [4.69, 9.17) is 0 Å². The standard InChI is InChI=1S/C15H19NO2S3/c1-12-4-5-15(20-12)21(17,18)16-8-6-13(7-9-16)11-14-3-2-10-19-14/h2-5,10,13H,6-9,11H2,1H3. The molecule has 0 atom stereocenters. The Morgan fingerprint density at radius 3 is 2.57 bits per heavy atom. The zero-order valence-electron chi connectivity index (χ0n) is 12.0. The molecule has 3 nitrogen and oxygen atoms in total. The van der Waals surface area contributed by atoms with Crippen molar-refractivity contribution in [1.29, 1.82) is 0 Å². The van der Waals surface area contributed by atoms with Crippen molar-refractivity contribution in [1.82, 2.24) is 4.31 Å². The van der Waals surface area contributed by atoms with Crippen LogP contribution in [0.5, 0.6) is 0 Å². The fraction of sp³-hybridized carbons (Fsp3) is 0.467. The monoisotopic (exact) mass is 341 g/mol. The molecule has 21 heavy (non-hydrogen) atoms. The molecule has 0 radical (unpaired) electrons. The van der Waals surface area contributed by atoms with Gasteiger partial charge in [-0.2, -0.15) is 4.31 Å². The van der Waals surface area contributed by atoms with E-state index in [2.05, 4.69) is 17.5 Å². The lowest BCUT2D eigenvalue weighted by molar-refractivity contribution is 0.274. The lowest BCUT2D eigenvalue weighted by atomic mass is 9.94. The van der Waals surface area contributed by atoms with Gasteiger partial charge in [0.25, 0.3) is 10.0 Å². The molecule has 1 aliphatic heterocycles. The number of sulfonamides is 1. The lowest BCUT2D eigenvalue weighted by Crippen LogP contribution is -2.38. The molecular weight excluding hydrogens is 322 g/mol. The predicted octanol–water partition coefficient (Wildman–Crippen LogP) is 3.76. The maximum atomic E-state index is 12.6. The summed E-state index contributed by atoms with van der Waals surface area (Å²) in [5, 5.41) is 2.11. The highest BCUT2D eigenvalue weighted by atomic mass is 32.2. The molecule has 1 aliphatic rings. The average molecular weight is 342 g/mol. The van der Waals surface area contributed by atoms with Gasteiger partial charge in [0, 0.05) is 22.8 Å². The third kappa shape index (κ3) is 3.39. The first-order chi connectivity index (χ1) is 10.1. The van der Waals surface area contributed by atoms with Crippen LogP contribution in [0.4, 0.5) is 0 Å². The minimum atomic E-state index is -3.27. The molecule has 3 heterocycles. The smallest absolute Gasteiger partial charge is 0.206 e. The zero-order valence-corrected chi connectivity index (χ0v) is 14.4. The Bertz CT molecular complexity index is 680. The molecule has 0 bridgehead atoms. The first-order valence-electron chi connectivity index (χ1n) is 7.14. The third-order valence-corrected chi connectivity index (χ3v) is 8.22. The largest absolute Gasteiger partial charge is 0.252 e. The molecule has 2 aromatic rings. The molecule has 0 N–H and O–H groups in total. The minimum absolute atomic E-state index is 0.483. The van der Waals surface area contributed by atoms with Crippen LogP contribution in [0, 0.1) is 12.8 Å². The lowest BCUT2D eigenvalue weighted by Gasteiger charge is -2.30. The van der Waals surface area contributed by atoms with Crippen molar-refractivity contribution in [3.8, 4) is 0 Å². The Labute approximate surface area is 134 Å². The van der Waals surface area contributed by atoms with E-state index < -0.39 is 10.0 Å². The molecule has 1 saturated heterocycles. The van der Waals surface area contributed by atoms with Crippen LogP contribution in [0.25, 0.3) is 0 Å². The summed E-state index contributed by atoms with van der Waals surface area (Å²) in [6.45, 7) is 3.24. The average Bonchev–Trinajstić information content (AvgIpc) is 3.11. The van der Waals surface area contributed by atoms with Crippen LogP contribution in [0.15, 0.2) is 33.9 Å². The summed E-state index contributed by atoms with van der Waals surface area (Å²) in [6.07, 6.45) is 3.01. The topological polar surface area (TPSA) is 37.4 Å². The Hall–Kier alpha value is -0.690. The molecule has 0 unspecified atom stereocenters. The molecule has 0 aromatic carbocycles. The Morgan fingerprint density at radius 2 is 2.00 bits per heavy atom. The van der Waals surface area contributed by atoms with Gasteiger partial charge in [-0.05, 0) is 55.7 Å². The van der Waals surface area contributed by atoms with Gasteiger partial charge in [-0.15, -0.1) is 22.7 Å². The molecule has 0 amide bonds. The van der Waals surface area contributed by atoms with E-state index in [1.165, 1.54) is 16.2 Å².